The Kier molecular flexibility index (Phi) is 5.58. The van der Waals surface area contributed by atoms with Crippen molar-refractivity contribution in [3.8, 4) is 0 Å². The van der Waals surface area contributed by atoms with Crippen molar-refractivity contribution in [2.24, 2.45) is 5.92 Å². The van der Waals surface area contributed by atoms with Crippen molar-refractivity contribution >= 4 is 15.9 Å². The van der Waals surface area contributed by atoms with Gasteiger partial charge in [-0.3, -0.25) is 4.79 Å². The topological polar surface area (TPSA) is 66.5 Å². The van der Waals surface area contributed by atoms with Gasteiger partial charge in [-0.2, -0.15) is 0 Å². The second-order valence-electron chi connectivity index (χ2n) is 6.05. The molecule has 122 valence electrons. The average molecular weight is 324 g/mol. The minimum atomic E-state index is -3.53. The Balaban J connectivity index is 1.84. The summed E-state index contributed by atoms with van der Waals surface area (Å²) >= 11 is 0. The van der Waals surface area contributed by atoms with Crippen LogP contribution in [0.3, 0.4) is 0 Å². The van der Waals surface area contributed by atoms with Gasteiger partial charge in [-0.15, -0.1) is 0 Å². The highest BCUT2D eigenvalue weighted by Crippen LogP contribution is 2.16. The van der Waals surface area contributed by atoms with Crippen LogP contribution in [0.2, 0.25) is 0 Å². The molecule has 0 saturated carbocycles. The monoisotopic (exact) mass is 324 g/mol. The molecule has 5 nitrogen and oxygen atoms in total. The van der Waals surface area contributed by atoms with Crippen LogP contribution >= 0.6 is 0 Å². The highest BCUT2D eigenvalue weighted by atomic mass is 32.2. The van der Waals surface area contributed by atoms with Gasteiger partial charge in [0.1, 0.15) is 0 Å². The zero-order valence-corrected chi connectivity index (χ0v) is 14.0. The number of nitrogens with one attached hydrogen (secondary N) is 1. The number of likely N-dealkylation sites (tertiary alicyclic amines) is 1. The molecule has 1 aliphatic heterocycles. The van der Waals surface area contributed by atoms with Gasteiger partial charge < -0.3 is 4.90 Å². The smallest absolute Gasteiger partial charge is 0.240 e. The van der Waals surface area contributed by atoms with Gasteiger partial charge >= 0.3 is 0 Å². The fourth-order valence-electron chi connectivity index (χ4n) is 2.67. The summed E-state index contributed by atoms with van der Waals surface area (Å²) < 4.78 is 26.7. The van der Waals surface area contributed by atoms with E-state index < -0.39 is 10.0 Å². The third kappa shape index (κ3) is 4.55. The number of hydrogen-bond donors (Lipinski definition) is 1. The Hall–Kier alpha value is -1.40. The minimum Gasteiger partial charge on any atom is -0.342 e. The van der Waals surface area contributed by atoms with E-state index in [4.69, 9.17) is 0 Å². The highest BCUT2D eigenvalue weighted by molar-refractivity contribution is 7.89. The zero-order valence-electron chi connectivity index (χ0n) is 13.2. The quantitative estimate of drug-likeness (QED) is 0.900. The van der Waals surface area contributed by atoms with Crippen molar-refractivity contribution in [3.63, 3.8) is 0 Å². The van der Waals surface area contributed by atoms with Gasteiger partial charge in [-0.05, 0) is 37.8 Å². The van der Waals surface area contributed by atoms with Crippen LogP contribution in [0.25, 0.3) is 0 Å². The second kappa shape index (κ2) is 7.24. The van der Waals surface area contributed by atoms with Crippen LogP contribution in [0.15, 0.2) is 29.2 Å². The maximum Gasteiger partial charge on any atom is 0.240 e. The fraction of sp³-hybridized carbons (Fsp3) is 0.562. The molecule has 1 amide bonds. The van der Waals surface area contributed by atoms with Crippen molar-refractivity contribution in [2.75, 3.05) is 19.6 Å². The molecule has 1 fully saturated rings. The number of carbonyl (C=O) groups is 1. The molecule has 1 aromatic rings. The average Bonchev–Trinajstić information content (AvgIpc) is 2.47. The van der Waals surface area contributed by atoms with Gasteiger partial charge in [0, 0.05) is 26.1 Å². The van der Waals surface area contributed by atoms with Gasteiger partial charge in [0.25, 0.3) is 0 Å². The first kappa shape index (κ1) is 17.0. The Morgan fingerprint density at radius 3 is 2.64 bits per heavy atom. The maximum atomic E-state index is 12.1. The maximum absolute atomic E-state index is 12.1. The van der Waals surface area contributed by atoms with Crippen molar-refractivity contribution in [3.05, 3.63) is 29.8 Å². The van der Waals surface area contributed by atoms with E-state index in [9.17, 15) is 13.2 Å². The lowest BCUT2D eigenvalue weighted by molar-refractivity contribution is -0.132. The highest BCUT2D eigenvalue weighted by Gasteiger charge is 2.21. The van der Waals surface area contributed by atoms with E-state index in [1.165, 1.54) is 0 Å². The van der Waals surface area contributed by atoms with Crippen LogP contribution in [0.4, 0.5) is 0 Å². The van der Waals surface area contributed by atoms with Gasteiger partial charge in [0.15, 0.2) is 0 Å². The summed E-state index contributed by atoms with van der Waals surface area (Å²) in [6, 6.07) is 6.67. The Bertz CT molecular complexity index is 611. The van der Waals surface area contributed by atoms with Crippen LogP contribution in [0, 0.1) is 12.8 Å². The standard InChI is InChI=1S/C16H24N2O3S/c1-13-5-7-15(8-6-13)22(20,21)17-10-9-16(19)18-11-3-4-14(2)12-18/h5-8,14,17H,3-4,9-12H2,1-2H3/t14-/m0/s1. The summed E-state index contributed by atoms with van der Waals surface area (Å²) in [5.41, 5.74) is 1.01. The van der Waals surface area contributed by atoms with Crippen LogP contribution in [0.5, 0.6) is 0 Å². The Morgan fingerprint density at radius 1 is 1.32 bits per heavy atom. The number of carbonyl (C=O) groups excluding carboxylic acids is 1. The number of nitrogens with zero attached hydrogens (tertiary/aromatic N) is 1. The molecular weight excluding hydrogens is 300 g/mol. The lowest BCUT2D eigenvalue weighted by Crippen LogP contribution is -2.40. The summed E-state index contributed by atoms with van der Waals surface area (Å²) in [6.07, 6.45) is 2.39. The lowest BCUT2D eigenvalue weighted by atomic mass is 10.0. The number of amides is 1. The normalized spacial score (nSPS) is 19.2. The first-order valence-corrected chi connectivity index (χ1v) is 9.21. The third-order valence-electron chi connectivity index (χ3n) is 3.97. The fourth-order valence-corrected chi connectivity index (χ4v) is 3.70. The molecule has 0 aromatic heterocycles. The van der Waals surface area contributed by atoms with E-state index in [0.29, 0.717) is 5.92 Å². The summed E-state index contributed by atoms with van der Waals surface area (Å²) in [4.78, 5) is 14.2. The predicted molar refractivity (Wildman–Crippen MR) is 86.0 cm³/mol. The number of benzene rings is 1. The first-order chi connectivity index (χ1) is 10.4. The number of sulfonamides is 1. The molecule has 0 aliphatic carbocycles. The van der Waals surface area contributed by atoms with Gasteiger partial charge in [0.2, 0.25) is 15.9 Å². The van der Waals surface area contributed by atoms with E-state index in [-0.39, 0.29) is 23.8 Å². The Labute approximate surface area is 132 Å². The molecule has 1 atom stereocenters. The van der Waals surface area contributed by atoms with Crippen LogP contribution in [-0.2, 0) is 14.8 Å². The molecule has 1 saturated heterocycles. The molecule has 1 aromatic carbocycles. The SMILES string of the molecule is Cc1ccc(S(=O)(=O)NCCC(=O)N2CCC[C@H](C)C2)cc1. The third-order valence-corrected chi connectivity index (χ3v) is 5.45. The molecule has 6 heteroatoms. The number of hydrogen-bond acceptors (Lipinski definition) is 3. The van der Waals surface area contributed by atoms with E-state index in [1.807, 2.05) is 11.8 Å². The van der Waals surface area contributed by atoms with E-state index in [0.717, 1.165) is 31.5 Å². The molecule has 0 unspecified atom stereocenters. The van der Waals surface area contributed by atoms with Crippen LogP contribution in [-0.4, -0.2) is 38.9 Å². The zero-order chi connectivity index (χ0) is 16.2. The summed E-state index contributed by atoms with van der Waals surface area (Å²) in [5, 5.41) is 0. The van der Waals surface area contributed by atoms with Crippen molar-refractivity contribution in [1.29, 1.82) is 0 Å². The molecule has 2 rings (SSSR count). The molecule has 0 radical (unpaired) electrons. The largest absolute Gasteiger partial charge is 0.342 e. The van der Waals surface area contributed by atoms with Crippen molar-refractivity contribution in [1.82, 2.24) is 9.62 Å². The Morgan fingerprint density at radius 2 is 2.00 bits per heavy atom. The van der Waals surface area contributed by atoms with Crippen LogP contribution in [0.1, 0.15) is 31.7 Å². The minimum absolute atomic E-state index is 0.0261. The molecule has 0 spiro atoms. The molecular formula is C16H24N2O3S. The van der Waals surface area contributed by atoms with Crippen molar-refractivity contribution < 1.29 is 13.2 Å². The van der Waals surface area contributed by atoms with Gasteiger partial charge in [-0.1, -0.05) is 24.6 Å². The summed E-state index contributed by atoms with van der Waals surface area (Å²) in [6.45, 7) is 5.75. The van der Waals surface area contributed by atoms with Gasteiger partial charge in [0.05, 0.1) is 4.90 Å². The summed E-state index contributed by atoms with van der Waals surface area (Å²) in [7, 11) is -3.53. The lowest BCUT2D eigenvalue weighted by Gasteiger charge is -2.31. The molecule has 1 N–H and O–H groups in total. The predicted octanol–water partition coefficient (Wildman–Crippen LogP) is 1.92. The molecule has 0 bridgehead atoms. The number of piperidine rings is 1. The molecule has 22 heavy (non-hydrogen) atoms. The van der Waals surface area contributed by atoms with Gasteiger partial charge in [-0.25, -0.2) is 13.1 Å². The molecule has 1 heterocycles. The van der Waals surface area contributed by atoms with Crippen molar-refractivity contribution in [2.45, 2.75) is 38.0 Å². The van der Waals surface area contributed by atoms with E-state index >= 15 is 0 Å². The first-order valence-electron chi connectivity index (χ1n) is 7.72. The van der Waals surface area contributed by atoms with Crippen LogP contribution < -0.4 is 4.72 Å². The number of rotatable bonds is 5. The molecule has 1 aliphatic rings. The van der Waals surface area contributed by atoms with E-state index in [2.05, 4.69) is 11.6 Å². The summed E-state index contributed by atoms with van der Waals surface area (Å²) in [5.74, 6) is 0.556. The second-order valence-corrected chi connectivity index (χ2v) is 7.81. The number of aryl methyl sites for hydroxylation is 1. The van der Waals surface area contributed by atoms with E-state index in [1.54, 1.807) is 24.3 Å².